The van der Waals surface area contributed by atoms with E-state index in [9.17, 15) is 13.2 Å². The predicted molar refractivity (Wildman–Crippen MR) is 93.7 cm³/mol. The number of carbonyl (C=O) groups is 1. The molecule has 0 aromatic carbocycles. The zero-order chi connectivity index (χ0) is 17.4. The normalized spacial score (nSPS) is 22.7. The molecule has 1 amide bonds. The van der Waals surface area contributed by atoms with E-state index < -0.39 is 15.1 Å². The van der Waals surface area contributed by atoms with E-state index in [1.165, 1.54) is 11.3 Å². The summed E-state index contributed by atoms with van der Waals surface area (Å²) < 4.78 is 32.4. The second-order valence-corrected chi connectivity index (χ2v) is 9.53. The van der Waals surface area contributed by atoms with Crippen LogP contribution in [0.5, 0.6) is 5.88 Å². The minimum Gasteiger partial charge on any atom is -0.478 e. The number of thiophene rings is 1. The average Bonchev–Trinajstić information content (AvgIpc) is 3.23. The molecule has 1 fully saturated rings. The summed E-state index contributed by atoms with van der Waals surface area (Å²) in [7, 11) is -3.27. The van der Waals surface area contributed by atoms with Crippen LogP contribution >= 0.6 is 11.3 Å². The fraction of sp³-hybridized carbons (Fsp3) is 0.500. The highest BCUT2D eigenvalue weighted by atomic mass is 32.2. The van der Waals surface area contributed by atoms with Crippen molar-refractivity contribution in [3.63, 3.8) is 0 Å². The first-order valence-corrected chi connectivity index (χ1v) is 10.9. The van der Waals surface area contributed by atoms with Gasteiger partial charge in [-0.3, -0.25) is 4.79 Å². The minimum absolute atomic E-state index is 0.0224. The van der Waals surface area contributed by atoms with E-state index in [2.05, 4.69) is 5.10 Å². The van der Waals surface area contributed by atoms with Gasteiger partial charge in [0.2, 0.25) is 5.88 Å². The van der Waals surface area contributed by atoms with Crippen LogP contribution in [0.25, 0.3) is 0 Å². The lowest BCUT2D eigenvalue weighted by atomic mass is 10.2. The summed E-state index contributed by atoms with van der Waals surface area (Å²) in [6, 6.07) is 5.36. The Balaban J connectivity index is 1.54. The van der Waals surface area contributed by atoms with Crippen molar-refractivity contribution in [1.82, 2.24) is 14.7 Å². The van der Waals surface area contributed by atoms with Gasteiger partial charge >= 0.3 is 0 Å². The summed E-state index contributed by atoms with van der Waals surface area (Å²) in [5, 5.41) is 5.67. The number of rotatable bonds is 2. The van der Waals surface area contributed by atoms with Gasteiger partial charge in [0.05, 0.1) is 17.6 Å². The molecule has 0 aliphatic carbocycles. The number of nitrogens with zero attached hydrogens (tertiary/aromatic N) is 3. The Labute approximate surface area is 150 Å². The number of sulfone groups is 1. The van der Waals surface area contributed by atoms with Gasteiger partial charge in [-0.2, -0.15) is 5.10 Å². The smallest absolute Gasteiger partial charge is 0.274 e. The number of ether oxygens (including phenoxy) is 1. The Bertz CT molecular complexity index is 850. The molecule has 2 aliphatic rings. The Morgan fingerprint density at radius 1 is 1.32 bits per heavy atom. The Morgan fingerprint density at radius 2 is 2.20 bits per heavy atom. The molecular formula is C16H19N3O4S2. The first-order chi connectivity index (χ1) is 12.0. The van der Waals surface area contributed by atoms with Crippen LogP contribution in [0.2, 0.25) is 0 Å². The van der Waals surface area contributed by atoms with E-state index in [1.807, 2.05) is 17.5 Å². The number of hydrogen-bond acceptors (Lipinski definition) is 6. The van der Waals surface area contributed by atoms with Crippen LogP contribution in [0.4, 0.5) is 0 Å². The molecule has 0 radical (unpaired) electrons. The molecule has 0 N–H and O–H groups in total. The molecule has 134 valence electrons. The van der Waals surface area contributed by atoms with Crippen molar-refractivity contribution in [2.75, 3.05) is 25.4 Å². The molecule has 2 aromatic heterocycles. The fourth-order valence-electron chi connectivity index (χ4n) is 3.27. The van der Waals surface area contributed by atoms with E-state index >= 15 is 0 Å². The Morgan fingerprint density at radius 3 is 2.96 bits per heavy atom. The van der Waals surface area contributed by atoms with Crippen molar-refractivity contribution in [2.45, 2.75) is 24.6 Å². The van der Waals surface area contributed by atoms with Crippen LogP contribution in [0, 0.1) is 0 Å². The quantitative estimate of drug-likeness (QED) is 0.791. The first-order valence-electron chi connectivity index (χ1n) is 8.29. The highest BCUT2D eigenvalue weighted by Gasteiger charge is 2.34. The van der Waals surface area contributed by atoms with Gasteiger partial charge < -0.3 is 9.64 Å². The molecule has 7 nitrogen and oxygen atoms in total. The van der Waals surface area contributed by atoms with E-state index in [-0.39, 0.29) is 18.2 Å². The van der Waals surface area contributed by atoms with Crippen LogP contribution in [0.15, 0.2) is 23.6 Å². The maximum Gasteiger partial charge on any atom is 0.274 e. The molecule has 1 unspecified atom stereocenters. The second kappa shape index (κ2) is 6.45. The van der Waals surface area contributed by atoms with E-state index in [4.69, 9.17) is 4.74 Å². The van der Waals surface area contributed by atoms with Gasteiger partial charge in [0.25, 0.3) is 5.91 Å². The van der Waals surface area contributed by atoms with Crippen molar-refractivity contribution in [3.8, 4) is 5.88 Å². The number of hydrogen-bond donors (Lipinski definition) is 0. The lowest BCUT2D eigenvalue weighted by Gasteiger charge is -2.18. The van der Waals surface area contributed by atoms with Crippen molar-refractivity contribution in [1.29, 1.82) is 0 Å². The Hall–Kier alpha value is -1.87. The molecule has 25 heavy (non-hydrogen) atoms. The zero-order valence-corrected chi connectivity index (χ0v) is 15.3. The molecular weight excluding hydrogens is 362 g/mol. The maximum absolute atomic E-state index is 12.8. The number of carbonyl (C=O) groups excluding carboxylic acids is 1. The van der Waals surface area contributed by atoms with Gasteiger partial charge in [-0.15, -0.1) is 11.3 Å². The monoisotopic (exact) mass is 381 g/mol. The fourth-order valence-corrected chi connectivity index (χ4v) is 6.28. The molecule has 4 rings (SSSR count). The van der Waals surface area contributed by atoms with Gasteiger partial charge in [-0.05, 0) is 17.9 Å². The summed E-state index contributed by atoms with van der Waals surface area (Å²) >= 11 is 1.45. The van der Waals surface area contributed by atoms with E-state index in [1.54, 1.807) is 15.6 Å². The molecule has 0 bridgehead atoms. The third kappa shape index (κ3) is 3.18. The highest BCUT2D eigenvalue weighted by molar-refractivity contribution is 7.91. The number of aryl methyl sites for hydroxylation is 1. The summed E-state index contributed by atoms with van der Waals surface area (Å²) in [6.07, 6.45) is 1.28. The second-order valence-electron chi connectivity index (χ2n) is 6.24. The number of amides is 1. The molecule has 4 heterocycles. The third-order valence-electron chi connectivity index (χ3n) is 4.61. The Kier molecular flexibility index (Phi) is 4.28. The zero-order valence-electron chi connectivity index (χ0n) is 13.6. The van der Waals surface area contributed by atoms with Crippen LogP contribution in [-0.2, 0) is 16.4 Å². The lowest BCUT2D eigenvalue weighted by molar-refractivity contribution is 0.0759. The van der Waals surface area contributed by atoms with Gasteiger partial charge in [0, 0.05) is 37.0 Å². The topological polar surface area (TPSA) is 81.5 Å². The highest BCUT2D eigenvalue weighted by Crippen LogP contribution is 2.32. The van der Waals surface area contributed by atoms with Crippen molar-refractivity contribution >= 4 is 27.1 Å². The van der Waals surface area contributed by atoms with Crippen LogP contribution in [0.3, 0.4) is 0 Å². The molecule has 1 saturated heterocycles. The molecule has 2 aliphatic heterocycles. The van der Waals surface area contributed by atoms with Gasteiger partial charge in [-0.25, -0.2) is 13.1 Å². The van der Waals surface area contributed by atoms with Gasteiger partial charge in [0.15, 0.2) is 15.5 Å². The van der Waals surface area contributed by atoms with Crippen LogP contribution in [-0.4, -0.2) is 54.5 Å². The van der Waals surface area contributed by atoms with Crippen molar-refractivity contribution in [3.05, 3.63) is 34.2 Å². The largest absolute Gasteiger partial charge is 0.478 e. The lowest BCUT2D eigenvalue weighted by Crippen LogP contribution is -2.34. The molecule has 1 atom stereocenters. The van der Waals surface area contributed by atoms with Crippen LogP contribution in [0.1, 0.15) is 33.5 Å². The summed E-state index contributed by atoms with van der Waals surface area (Å²) in [5.74, 6) is 0.354. The van der Waals surface area contributed by atoms with Gasteiger partial charge in [-0.1, -0.05) is 6.07 Å². The SMILES string of the molecule is O=C(c1cc2n(n1)CCCO2)N1CCC(c2cccs2)S(=O)(=O)CC1. The average molecular weight is 381 g/mol. The maximum atomic E-state index is 12.8. The summed E-state index contributed by atoms with van der Waals surface area (Å²) in [4.78, 5) is 15.2. The summed E-state index contributed by atoms with van der Waals surface area (Å²) in [6.45, 7) is 1.97. The third-order valence-corrected chi connectivity index (χ3v) is 7.86. The van der Waals surface area contributed by atoms with Crippen LogP contribution < -0.4 is 4.74 Å². The molecule has 0 spiro atoms. The van der Waals surface area contributed by atoms with E-state index in [0.717, 1.165) is 17.8 Å². The standard InChI is InChI=1S/C16H19N3O4S2/c20-16(12-11-15-19(17-12)5-2-8-23-15)18-6-4-14(13-3-1-9-24-13)25(21,22)10-7-18/h1,3,9,11,14H,2,4-8,10H2. The van der Waals surface area contributed by atoms with Gasteiger partial charge in [0.1, 0.15) is 0 Å². The summed E-state index contributed by atoms with van der Waals surface area (Å²) in [5.41, 5.74) is 0.323. The number of fused-ring (bicyclic) bond motifs is 1. The molecule has 9 heteroatoms. The minimum atomic E-state index is -3.27. The predicted octanol–water partition coefficient (Wildman–Crippen LogP) is 1.73. The van der Waals surface area contributed by atoms with Crippen molar-refractivity contribution in [2.24, 2.45) is 0 Å². The number of aromatic nitrogens is 2. The van der Waals surface area contributed by atoms with E-state index in [0.29, 0.717) is 31.1 Å². The molecule has 0 saturated carbocycles. The molecule has 2 aromatic rings. The van der Waals surface area contributed by atoms with Crippen molar-refractivity contribution < 1.29 is 17.9 Å². The first kappa shape index (κ1) is 16.6.